The van der Waals surface area contributed by atoms with Gasteiger partial charge in [-0.3, -0.25) is 4.57 Å². The first-order valence-electron chi connectivity index (χ1n) is 18.6. The van der Waals surface area contributed by atoms with Crippen LogP contribution < -0.4 is 4.74 Å². The smallest absolute Gasteiger partial charge is 0.137 e. The van der Waals surface area contributed by atoms with Crippen molar-refractivity contribution in [2.75, 3.05) is 0 Å². The van der Waals surface area contributed by atoms with E-state index < -0.39 is 0 Å². The van der Waals surface area contributed by atoms with Gasteiger partial charge in [0.1, 0.15) is 17.3 Å². The Balaban J connectivity index is 1.19. The quantitative estimate of drug-likeness (QED) is 0.164. The summed E-state index contributed by atoms with van der Waals surface area (Å²) in [5.74, 6) is 3.73. The Hall–Kier alpha value is -5.42. The molecule has 0 saturated carbocycles. The Bertz CT molecular complexity index is 2480. The molecule has 1 unspecified atom stereocenters. The summed E-state index contributed by atoms with van der Waals surface area (Å²) in [5, 5.41) is 7.57. The van der Waals surface area contributed by atoms with Gasteiger partial charge in [0, 0.05) is 52.2 Å². The van der Waals surface area contributed by atoms with Crippen LogP contribution >= 0.6 is 0 Å². The molecule has 7 aromatic rings. The minimum Gasteiger partial charge on any atom is -0.457 e. The van der Waals surface area contributed by atoms with Crippen molar-refractivity contribution < 1.29 is 4.74 Å². The predicted octanol–water partition coefficient (Wildman–Crippen LogP) is 12.2. The lowest BCUT2D eigenvalue weighted by molar-refractivity contribution is 0.420. The van der Waals surface area contributed by atoms with E-state index in [-0.39, 0.29) is 5.41 Å². The molecule has 0 fully saturated rings. The second-order valence-electron chi connectivity index (χ2n) is 15.9. The van der Waals surface area contributed by atoms with Gasteiger partial charge in [-0.15, -0.1) is 0 Å². The summed E-state index contributed by atoms with van der Waals surface area (Å²) in [4.78, 5) is 4.77. The van der Waals surface area contributed by atoms with Crippen molar-refractivity contribution in [3.8, 4) is 23.0 Å². The fourth-order valence-electron chi connectivity index (χ4n) is 8.51. The average Bonchev–Trinajstić information content (AvgIpc) is 3.60. The molecule has 52 heavy (non-hydrogen) atoms. The number of nitrogens with zero attached hydrogens (tertiary/aromatic N) is 4. The number of aryl methyl sites for hydroxylation is 2. The molecule has 4 aromatic carbocycles. The number of aromatic nitrogens is 4. The summed E-state index contributed by atoms with van der Waals surface area (Å²) < 4.78 is 11.2. The maximum absolute atomic E-state index is 6.79. The van der Waals surface area contributed by atoms with Crippen LogP contribution in [0.15, 0.2) is 121 Å². The molecule has 0 spiro atoms. The van der Waals surface area contributed by atoms with E-state index in [1.54, 1.807) is 0 Å². The Labute approximate surface area is 307 Å². The second-order valence-corrected chi connectivity index (χ2v) is 15.9. The molecule has 8 rings (SSSR count). The van der Waals surface area contributed by atoms with Gasteiger partial charge in [0.25, 0.3) is 0 Å². The molecule has 0 radical (unpaired) electrons. The van der Waals surface area contributed by atoms with E-state index in [1.807, 2.05) is 12.3 Å². The first-order valence-corrected chi connectivity index (χ1v) is 18.6. The van der Waals surface area contributed by atoms with Crippen LogP contribution in [0.1, 0.15) is 86.5 Å². The zero-order valence-electron chi connectivity index (χ0n) is 31.6. The molecule has 5 heteroatoms. The van der Waals surface area contributed by atoms with E-state index in [4.69, 9.17) is 14.8 Å². The summed E-state index contributed by atoms with van der Waals surface area (Å²) >= 11 is 0. The molecular weight excluding hydrogens is 637 g/mol. The molecule has 0 amide bonds. The Morgan fingerprint density at radius 3 is 2.25 bits per heavy atom. The van der Waals surface area contributed by atoms with Crippen LogP contribution in [0.4, 0.5) is 0 Å². The summed E-state index contributed by atoms with van der Waals surface area (Å²) in [6.45, 7) is 18.0. The molecule has 262 valence electrons. The maximum atomic E-state index is 6.79. The highest BCUT2D eigenvalue weighted by Crippen LogP contribution is 2.46. The number of fused-ring (bicyclic) bond motifs is 3. The second kappa shape index (κ2) is 13.0. The van der Waals surface area contributed by atoms with Crippen molar-refractivity contribution in [3.05, 3.63) is 155 Å². The van der Waals surface area contributed by atoms with Crippen LogP contribution in [-0.4, -0.2) is 19.3 Å². The normalized spacial score (nSPS) is 17.8. The number of rotatable bonds is 6. The third-order valence-electron chi connectivity index (χ3n) is 11.0. The highest BCUT2D eigenvalue weighted by atomic mass is 16.5. The number of pyridine rings is 1. The van der Waals surface area contributed by atoms with Crippen molar-refractivity contribution in [3.63, 3.8) is 0 Å². The fraction of sp³-hybridized carbons (Fsp3) is 0.277. The number of para-hydroxylation sites is 1. The zero-order chi connectivity index (χ0) is 36.3. The number of hydrogen-bond donors (Lipinski definition) is 0. The molecule has 3 heterocycles. The van der Waals surface area contributed by atoms with Gasteiger partial charge in [0.2, 0.25) is 0 Å². The summed E-state index contributed by atoms with van der Waals surface area (Å²) in [6.07, 6.45) is 5.49. The molecule has 0 saturated heterocycles. The van der Waals surface area contributed by atoms with Gasteiger partial charge in [-0.2, -0.15) is 5.10 Å². The summed E-state index contributed by atoms with van der Waals surface area (Å²) in [7, 11) is 0. The maximum Gasteiger partial charge on any atom is 0.137 e. The minimum atomic E-state index is -0.0933. The third-order valence-corrected chi connectivity index (χ3v) is 11.0. The summed E-state index contributed by atoms with van der Waals surface area (Å²) in [6, 6.07) is 36.6. The number of allylic oxidation sites excluding steroid dienone is 2. The van der Waals surface area contributed by atoms with Gasteiger partial charge in [-0.25, -0.2) is 9.67 Å². The summed E-state index contributed by atoms with van der Waals surface area (Å²) in [5.41, 5.74) is 11.9. The lowest BCUT2D eigenvalue weighted by Crippen LogP contribution is -2.20. The van der Waals surface area contributed by atoms with Gasteiger partial charge in [-0.05, 0) is 105 Å². The van der Waals surface area contributed by atoms with Gasteiger partial charge in [0.15, 0.2) is 0 Å². The first kappa shape index (κ1) is 33.7. The van der Waals surface area contributed by atoms with Gasteiger partial charge >= 0.3 is 0 Å². The molecule has 1 aliphatic carbocycles. The van der Waals surface area contributed by atoms with Crippen LogP contribution in [0, 0.1) is 26.7 Å². The molecule has 3 aromatic heterocycles. The zero-order valence-corrected chi connectivity index (χ0v) is 31.6. The molecular formula is C47H48N4O. The fourth-order valence-corrected chi connectivity index (χ4v) is 8.51. The van der Waals surface area contributed by atoms with E-state index in [0.29, 0.717) is 17.8 Å². The molecule has 0 N–H and O–H groups in total. The van der Waals surface area contributed by atoms with Crippen molar-refractivity contribution in [1.82, 2.24) is 19.3 Å². The Morgan fingerprint density at radius 2 is 1.50 bits per heavy atom. The van der Waals surface area contributed by atoms with Gasteiger partial charge in [-0.1, -0.05) is 87.9 Å². The molecule has 3 atom stereocenters. The SMILES string of the molecule is CC1=C[C@H](c2ccccc2)C[C@H](C)C1c1c(C)nn(-c2cc(Oc3ccc4c5ccccc5n(-c5cc(C)ccn5)c4c3)cc(C(C)(C)C)c2)c1C. The number of benzene rings is 4. The van der Waals surface area contributed by atoms with Crippen LogP contribution in [0.5, 0.6) is 11.5 Å². The third kappa shape index (κ3) is 6.02. The minimum absolute atomic E-state index is 0.0933. The average molecular weight is 685 g/mol. The monoisotopic (exact) mass is 684 g/mol. The van der Waals surface area contributed by atoms with E-state index in [9.17, 15) is 0 Å². The van der Waals surface area contributed by atoms with E-state index in [1.165, 1.54) is 44.3 Å². The highest BCUT2D eigenvalue weighted by Gasteiger charge is 2.33. The van der Waals surface area contributed by atoms with Gasteiger partial charge < -0.3 is 4.74 Å². The largest absolute Gasteiger partial charge is 0.457 e. The predicted molar refractivity (Wildman–Crippen MR) is 215 cm³/mol. The van der Waals surface area contributed by atoms with Crippen LogP contribution in [0.25, 0.3) is 33.3 Å². The van der Waals surface area contributed by atoms with Crippen molar-refractivity contribution >= 4 is 21.8 Å². The first-order chi connectivity index (χ1) is 25.0. The molecule has 0 aliphatic heterocycles. The molecule has 0 bridgehead atoms. The van der Waals surface area contributed by atoms with E-state index >= 15 is 0 Å². The molecule has 5 nitrogen and oxygen atoms in total. The Morgan fingerprint density at radius 1 is 0.750 bits per heavy atom. The topological polar surface area (TPSA) is 44.9 Å². The standard InChI is InChI=1S/C47H48N4O/c1-29-20-21-48-44(22-29)50-42-17-13-12-16-40(42)41-19-18-38(28-43(41)50)52-39-26-36(47(6,7)8)25-37(27-39)51-33(5)46(32(4)49-51)45-30(2)23-35(24-31(45)3)34-14-10-9-11-15-34/h9-23,25-28,31,35,45H,24H2,1-8H3/t31-,35-,45?/m0/s1. The number of ether oxygens (including phenoxy) is 1. The van der Waals surface area contributed by atoms with Crippen LogP contribution in [0.2, 0.25) is 0 Å². The Kier molecular flexibility index (Phi) is 8.41. The van der Waals surface area contributed by atoms with Crippen molar-refractivity contribution in [1.29, 1.82) is 0 Å². The van der Waals surface area contributed by atoms with Crippen LogP contribution in [-0.2, 0) is 5.41 Å². The highest BCUT2D eigenvalue weighted by molar-refractivity contribution is 6.09. The van der Waals surface area contributed by atoms with E-state index in [0.717, 1.165) is 46.2 Å². The lowest BCUT2D eigenvalue weighted by atomic mass is 9.70. The van der Waals surface area contributed by atoms with Crippen molar-refractivity contribution in [2.24, 2.45) is 5.92 Å². The lowest BCUT2D eigenvalue weighted by Gasteiger charge is -2.34. The van der Waals surface area contributed by atoms with Crippen LogP contribution in [0.3, 0.4) is 0 Å². The van der Waals surface area contributed by atoms with E-state index in [2.05, 4.69) is 168 Å². The molecule has 1 aliphatic rings. The van der Waals surface area contributed by atoms with Crippen molar-refractivity contribution in [2.45, 2.75) is 79.1 Å². The van der Waals surface area contributed by atoms with Gasteiger partial charge in [0.05, 0.1) is 22.4 Å². The number of hydrogen-bond acceptors (Lipinski definition) is 3.